The molecule has 1 amide bonds. The van der Waals surface area contributed by atoms with Gasteiger partial charge in [0.1, 0.15) is 0 Å². The summed E-state index contributed by atoms with van der Waals surface area (Å²) in [6.45, 7) is 5.26. The van der Waals surface area contributed by atoms with Crippen LogP contribution in [0.1, 0.15) is 38.4 Å². The van der Waals surface area contributed by atoms with Crippen molar-refractivity contribution >= 4 is 11.9 Å². The minimum absolute atomic E-state index is 0.0783. The van der Waals surface area contributed by atoms with Crippen LogP contribution in [0.4, 0.5) is 0 Å². The third-order valence-electron chi connectivity index (χ3n) is 3.60. The van der Waals surface area contributed by atoms with Crippen LogP contribution in [0.2, 0.25) is 0 Å². The van der Waals surface area contributed by atoms with E-state index in [1.807, 2.05) is 18.4 Å². The first kappa shape index (κ1) is 13.6. The van der Waals surface area contributed by atoms with Crippen LogP contribution in [0.25, 0.3) is 0 Å². The number of aryl methyl sites for hydroxylation is 1. The Morgan fingerprint density at radius 3 is 2.84 bits per heavy atom. The van der Waals surface area contributed by atoms with Crippen molar-refractivity contribution in [3.8, 4) is 0 Å². The maximum absolute atomic E-state index is 12.0. The van der Waals surface area contributed by atoms with Crippen molar-refractivity contribution in [1.82, 2.24) is 14.5 Å². The van der Waals surface area contributed by atoms with E-state index in [4.69, 9.17) is 0 Å². The van der Waals surface area contributed by atoms with Gasteiger partial charge in [-0.3, -0.25) is 9.59 Å². The van der Waals surface area contributed by atoms with Crippen molar-refractivity contribution in [2.75, 3.05) is 6.54 Å². The van der Waals surface area contributed by atoms with E-state index in [0.717, 1.165) is 12.1 Å². The van der Waals surface area contributed by atoms with Crippen LogP contribution in [-0.2, 0) is 16.1 Å². The lowest BCUT2D eigenvalue weighted by Crippen LogP contribution is -2.32. The number of amides is 1. The van der Waals surface area contributed by atoms with Gasteiger partial charge in [-0.1, -0.05) is 6.92 Å². The van der Waals surface area contributed by atoms with Crippen molar-refractivity contribution in [1.29, 1.82) is 0 Å². The first-order valence-electron chi connectivity index (χ1n) is 6.62. The molecule has 104 valence electrons. The van der Waals surface area contributed by atoms with Crippen molar-refractivity contribution < 1.29 is 14.7 Å². The molecule has 2 unspecified atom stereocenters. The van der Waals surface area contributed by atoms with E-state index in [9.17, 15) is 14.7 Å². The molecule has 1 saturated heterocycles. The Balaban J connectivity index is 2.40. The molecule has 1 N–H and O–H groups in total. The first-order chi connectivity index (χ1) is 9.10. The second-order valence-electron chi connectivity index (χ2n) is 4.79. The molecule has 2 heterocycles. The summed E-state index contributed by atoms with van der Waals surface area (Å²) in [4.78, 5) is 29.2. The summed E-state index contributed by atoms with van der Waals surface area (Å²) in [5, 5.41) is 9.34. The molecule has 6 heteroatoms. The van der Waals surface area contributed by atoms with Crippen molar-refractivity contribution in [2.24, 2.45) is 5.92 Å². The van der Waals surface area contributed by atoms with Gasteiger partial charge in [0.25, 0.3) is 0 Å². The summed E-state index contributed by atoms with van der Waals surface area (Å²) in [5.41, 5.74) is 0.814. The molecule has 0 aliphatic carbocycles. The number of carboxylic acids is 1. The van der Waals surface area contributed by atoms with Gasteiger partial charge in [0.15, 0.2) is 0 Å². The fraction of sp³-hybridized carbons (Fsp3) is 0.615. The molecule has 6 nitrogen and oxygen atoms in total. The number of rotatable bonds is 5. The van der Waals surface area contributed by atoms with E-state index < -0.39 is 17.9 Å². The van der Waals surface area contributed by atoms with Crippen LogP contribution in [0, 0.1) is 5.92 Å². The van der Waals surface area contributed by atoms with Gasteiger partial charge in [-0.05, 0) is 13.3 Å². The molecular weight excluding hydrogens is 246 g/mol. The van der Waals surface area contributed by atoms with Gasteiger partial charge < -0.3 is 14.6 Å². The summed E-state index contributed by atoms with van der Waals surface area (Å²) in [6, 6.07) is -0.396. The number of nitrogens with zero attached hydrogens (tertiary/aromatic N) is 3. The summed E-state index contributed by atoms with van der Waals surface area (Å²) >= 11 is 0. The van der Waals surface area contributed by atoms with E-state index in [1.165, 1.54) is 0 Å². The second kappa shape index (κ2) is 5.42. The van der Waals surface area contributed by atoms with Crippen LogP contribution in [0.15, 0.2) is 12.5 Å². The molecule has 1 aliphatic rings. The maximum atomic E-state index is 12.0. The summed E-state index contributed by atoms with van der Waals surface area (Å²) in [5.74, 6) is -1.68. The number of likely N-dealkylation sites (tertiary alicyclic amines) is 1. The van der Waals surface area contributed by atoms with Gasteiger partial charge in [0.2, 0.25) is 5.91 Å². The quantitative estimate of drug-likeness (QED) is 0.870. The Hall–Kier alpha value is -1.85. The van der Waals surface area contributed by atoms with Crippen LogP contribution >= 0.6 is 0 Å². The van der Waals surface area contributed by atoms with E-state index in [2.05, 4.69) is 4.98 Å². The first-order valence-corrected chi connectivity index (χ1v) is 6.62. The van der Waals surface area contributed by atoms with Crippen molar-refractivity contribution in [2.45, 2.75) is 39.3 Å². The average molecular weight is 265 g/mol. The highest BCUT2D eigenvalue weighted by molar-refractivity contribution is 5.87. The van der Waals surface area contributed by atoms with Crippen molar-refractivity contribution in [3.63, 3.8) is 0 Å². The minimum atomic E-state index is -0.916. The van der Waals surface area contributed by atoms with Crippen LogP contribution < -0.4 is 0 Å². The average Bonchev–Trinajstić information content (AvgIpc) is 2.95. The summed E-state index contributed by atoms with van der Waals surface area (Å²) in [6.07, 6.45) is 4.25. The van der Waals surface area contributed by atoms with E-state index in [-0.39, 0.29) is 12.3 Å². The maximum Gasteiger partial charge on any atom is 0.309 e. The fourth-order valence-electron chi connectivity index (χ4n) is 2.72. The van der Waals surface area contributed by atoms with Gasteiger partial charge in [0.05, 0.1) is 30.2 Å². The summed E-state index contributed by atoms with van der Waals surface area (Å²) in [7, 11) is 0. The van der Waals surface area contributed by atoms with Gasteiger partial charge >= 0.3 is 5.97 Å². The predicted molar refractivity (Wildman–Crippen MR) is 68.4 cm³/mol. The number of hydrogen-bond acceptors (Lipinski definition) is 3. The fourth-order valence-corrected chi connectivity index (χ4v) is 2.72. The van der Waals surface area contributed by atoms with Crippen LogP contribution in [-0.4, -0.2) is 38.0 Å². The molecule has 1 aromatic heterocycles. The molecule has 1 aromatic rings. The minimum Gasteiger partial charge on any atom is -0.481 e. The third-order valence-corrected chi connectivity index (χ3v) is 3.60. The third kappa shape index (κ3) is 2.34. The Morgan fingerprint density at radius 1 is 1.53 bits per heavy atom. The highest BCUT2D eigenvalue weighted by Gasteiger charge is 2.45. The SMILES string of the molecule is CCCN1C(=O)CC(C(=O)O)C1c1cncn1CC. The topological polar surface area (TPSA) is 75.4 Å². The Kier molecular flexibility index (Phi) is 3.87. The zero-order valence-corrected chi connectivity index (χ0v) is 11.2. The standard InChI is InChI=1S/C13H19N3O3/c1-3-5-16-11(17)6-9(13(18)19)12(16)10-7-14-8-15(10)4-2/h7-9,12H,3-6H2,1-2H3,(H,18,19). The smallest absolute Gasteiger partial charge is 0.309 e. The Bertz CT molecular complexity index is 483. The Morgan fingerprint density at radius 2 is 2.26 bits per heavy atom. The number of carbonyl (C=O) groups is 2. The van der Waals surface area contributed by atoms with Gasteiger partial charge in [0, 0.05) is 19.5 Å². The number of hydrogen-bond donors (Lipinski definition) is 1. The highest BCUT2D eigenvalue weighted by atomic mass is 16.4. The molecule has 2 atom stereocenters. The van der Waals surface area contributed by atoms with E-state index in [0.29, 0.717) is 13.1 Å². The lowest BCUT2D eigenvalue weighted by Gasteiger charge is -2.27. The largest absolute Gasteiger partial charge is 0.481 e. The molecular formula is C13H19N3O3. The number of aliphatic carboxylic acids is 1. The molecule has 1 aliphatic heterocycles. The zero-order chi connectivity index (χ0) is 14.0. The second-order valence-corrected chi connectivity index (χ2v) is 4.79. The Labute approximate surface area is 112 Å². The summed E-state index contributed by atoms with van der Waals surface area (Å²) < 4.78 is 1.90. The molecule has 1 fully saturated rings. The number of aromatic nitrogens is 2. The zero-order valence-electron chi connectivity index (χ0n) is 11.2. The monoisotopic (exact) mass is 265 g/mol. The van der Waals surface area contributed by atoms with E-state index in [1.54, 1.807) is 17.4 Å². The molecule has 0 spiro atoms. The normalized spacial score (nSPS) is 23.1. The van der Waals surface area contributed by atoms with Gasteiger partial charge in [-0.15, -0.1) is 0 Å². The number of carbonyl (C=O) groups excluding carboxylic acids is 1. The predicted octanol–water partition coefficient (Wildman–Crippen LogP) is 1.29. The van der Waals surface area contributed by atoms with Gasteiger partial charge in [-0.2, -0.15) is 0 Å². The number of imidazole rings is 1. The molecule has 0 radical (unpaired) electrons. The highest BCUT2D eigenvalue weighted by Crippen LogP contribution is 2.38. The van der Waals surface area contributed by atoms with E-state index >= 15 is 0 Å². The number of carboxylic acid groups (broad SMARTS) is 1. The van der Waals surface area contributed by atoms with Crippen molar-refractivity contribution in [3.05, 3.63) is 18.2 Å². The van der Waals surface area contributed by atoms with Gasteiger partial charge in [-0.25, -0.2) is 4.98 Å². The lowest BCUT2D eigenvalue weighted by molar-refractivity contribution is -0.142. The molecule has 0 bridgehead atoms. The molecule has 0 aromatic carbocycles. The molecule has 2 rings (SSSR count). The molecule has 0 saturated carbocycles. The lowest BCUT2D eigenvalue weighted by atomic mass is 9.98. The molecule has 19 heavy (non-hydrogen) atoms. The van der Waals surface area contributed by atoms with Crippen LogP contribution in [0.5, 0.6) is 0 Å². The van der Waals surface area contributed by atoms with Crippen LogP contribution in [0.3, 0.4) is 0 Å².